The Morgan fingerprint density at radius 2 is 2.07 bits per heavy atom. The molecule has 4 N–H and O–H groups in total. The van der Waals surface area contributed by atoms with Gasteiger partial charge in [0.15, 0.2) is 0 Å². The molecule has 2 aliphatic rings. The number of primary sulfonamides is 1. The smallest absolute Gasteiger partial charge is 0.255 e. The summed E-state index contributed by atoms with van der Waals surface area (Å²) in [6.07, 6.45) is 3.12. The largest absolute Gasteiger partial charge is 0.489 e. The van der Waals surface area contributed by atoms with E-state index in [0.29, 0.717) is 24.2 Å². The van der Waals surface area contributed by atoms with Crippen molar-refractivity contribution >= 4 is 15.9 Å². The number of benzene rings is 2. The summed E-state index contributed by atoms with van der Waals surface area (Å²) < 4.78 is 29.8. The van der Waals surface area contributed by atoms with Gasteiger partial charge in [-0.2, -0.15) is 0 Å². The molecule has 2 heterocycles. The van der Waals surface area contributed by atoms with Gasteiger partial charge in [0.25, 0.3) is 5.91 Å². The molecular formula is C22H27N3O4S. The molecule has 0 saturated carbocycles. The molecule has 160 valence electrons. The fourth-order valence-electron chi connectivity index (χ4n) is 4.30. The van der Waals surface area contributed by atoms with E-state index in [1.165, 1.54) is 12.1 Å². The average Bonchev–Trinajstić information content (AvgIpc) is 3.35. The van der Waals surface area contributed by atoms with Crippen LogP contribution in [0.5, 0.6) is 5.75 Å². The molecule has 1 saturated heterocycles. The van der Waals surface area contributed by atoms with Crippen LogP contribution in [0.15, 0.2) is 47.4 Å². The lowest BCUT2D eigenvalue weighted by molar-refractivity contribution is 0.0924. The molecule has 3 unspecified atom stereocenters. The van der Waals surface area contributed by atoms with Gasteiger partial charge in [-0.1, -0.05) is 30.3 Å². The van der Waals surface area contributed by atoms with Crippen molar-refractivity contribution in [2.75, 3.05) is 6.54 Å². The van der Waals surface area contributed by atoms with Crippen LogP contribution < -0.4 is 20.5 Å². The van der Waals surface area contributed by atoms with Crippen LogP contribution in [0.4, 0.5) is 0 Å². The lowest BCUT2D eigenvalue weighted by atomic mass is 9.97. The number of nitrogens with two attached hydrogens (primary N) is 1. The minimum atomic E-state index is -3.94. The van der Waals surface area contributed by atoms with E-state index in [9.17, 15) is 13.2 Å². The summed E-state index contributed by atoms with van der Waals surface area (Å²) in [5.41, 5.74) is 2.04. The van der Waals surface area contributed by atoms with E-state index in [4.69, 9.17) is 9.88 Å². The molecule has 8 heteroatoms. The van der Waals surface area contributed by atoms with Gasteiger partial charge in [-0.3, -0.25) is 4.79 Å². The quantitative estimate of drug-likeness (QED) is 0.648. The zero-order valence-electron chi connectivity index (χ0n) is 16.9. The van der Waals surface area contributed by atoms with Gasteiger partial charge in [-0.15, -0.1) is 0 Å². The molecule has 1 fully saturated rings. The van der Waals surface area contributed by atoms with E-state index in [1.807, 2.05) is 37.3 Å². The fraction of sp³-hybridized carbons (Fsp3) is 0.409. The van der Waals surface area contributed by atoms with Crippen molar-refractivity contribution in [1.29, 1.82) is 0 Å². The number of fused-ring (bicyclic) bond motifs is 1. The minimum Gasteiger partial charge on any atom is -0.489 e. The molecule has 4 rings (SSSR count). The van der Waals surface area contributed by atoms with Gasteiger partial charge in [-0.25, -0.2) is 13.6 Å². The zero-order valence-corrected chi connectivity index (χ0v) is 17.7. The molecule has 30 heavy (non-hydrogen) atoms. The molecule has 0 aliphatic carbocycles. The Kier molecular flexibility index (Phi) is 5.81. The van der Waals surface area contributed by atoms with E-state index in [0.717, 1.165) is 24.9 Å². The van der Waals surface area contributed by atoms with Crippen LogP contribution in [0.25, 0.3) is 0 Å². The van der Waals surface area contributed by atoms with Gasteiger partial charge in [-0.05, 0) is 56.0 Å². The number of ether oxygens (including phenoxy) is 1. The van der Waals surface area contributed by atoms with Crippen molar-refractivity contribution < 1.29 is 17.9 Å². The van der Waals surface area contributed by atoms with Gasteiger partial charge < -0.3 is 15.4 Å². The van der Waals surface area contributed by atoms with Gasteiger partial charge in [0.05, 0.1) is 10.5 Å². The summed E-state index contributed by atoms with van der Waals surface area (Å²) in [7, 11) is -3.94. The maximum absolute atomic E-state index is 13.3. The monoisotopic (exact) mass is 429 g/mol. The molecule has 0 bridgehead atoms. The van der Waals surface area contributed by atoms with Crippen LogP contribution in [0, 0.1) is 0 Å². The lowest BCUT2D eigenvalue weighted by Gasteiger charge is -2.26. The Bertz CT molecular complexity index is 1030. The average molecular weight is 430 g/mol. The van der Waals surface area contributed by atoms with Gasteiger partial charge in [0.2, 0.25) is 10.0 Å². The van der Waals surface area contributed by atoms with Crippen LogP contribution in [0.2, 0.25) is 0 Å². The van der Waals surface area contributed by atoms with Gasteiger partial charge in [0.1, 0.15) is 11.9 Å². The highest BCUT2D eigenvalue weighted by molar-refractivity contribution is 7.89. The molecule has 2 aromatic carbocycles. The van der Waals surface area contributed by atoms with Crippen molar-refractivity contribution in [1.82, 2.24) is 10.6 Å². The number of carbonyl (C=O) groups is 1. The van der Waals surface area contributed by atoms with E-state index < -0.39 is 10.0 Å². The molecule has 7 nitrogen and oxygen atoms in total. The first-order valence-electron chi connectivity index (χ1n) is 10.3. The summed E-state index contributed by atoms with van der Waals surface area (Å²) in [4.78, 5) is 13.2. The molecule has 0 radical (unpaired) electrons. The SMILES string of the molecule is CC1Cc2cc(S(N)(=O)=O)cc(C(=O)NC(Cc3ccccc3)C3CCCN3)c2O1. The normalized spacial score (nSPS) is 21.7. The predicted molar refractivity (Wildman–Crippen MR) is 114 cm³/mol. The van der Waals surface area contributed by atoms with E-state index >= 15 is 0 Å². The first-order valence-corrected chi connectivity index (χ1v) is 11.8. The number of carbonyl (C=O) groups excluding carboxylic acids is 1. The van der Waals surface area contributed by atoms with Crippen molar-refractivity contribution in [2.24, 2.45) is 5.14 Å². The number of rotatable bonds is 6. The number of nitrogens with one attached hydrogen (secondary N) is 2. The number of amides is 1. The summed E-state index contributed by atoms with van der Waals surface area (Å²) in [6.45, 7) is 2.81. The third-order valence-corrected chi connectivity index (χ3v) is 6.63. The second kappa shape index (κ2) is 8.37. The van der Waals surface area contributed by atoms with E-state index in [1.54, 1.807) is 0 Å². The first-order chi connectivity index (χ1) is 14.3. The van der Waals surface area contributed by atoms with Gasteiger partial charge in [0, 0.05) is 18.5 Å². The predicted octanol–water partition coefficient (Wildman–Crippen LogP) is 1.75. The summed E-state index contributed by atoms with van der Waals surface area (Å²) >= 11 is 0. The maximum Gasteiger partial charge on any atom is 0.255 e. The molecule has 2 aliphatic heterocycles. The number of hydrogen-bond donors (Lipinski definition) is 3. The zero-order chi connectivity index (χ0) is 21.3. The van der Waals surface area contributed by atoms with E-state index in [-0.39, 0.29) is 34.6 Å². The maximum atomic E-state index is 13.3. The summed E-state index contributed by atoms with van der Waals surface area (Å²) in [6, 6.07) is 12.9. The molecule has 2 aromatic rings. The van der Waals surface area contributed by atoms with E-state index in [2.05, 4.69) is 10.6 Å². The van der Waals surface area contributed by atoms with Crippen LogP contribution >= 0.6 is 0 Å². The molecule has 0 aromatic heterocycles. The van der Waals surface area contributed by atoms with Crippen LogP contribution in [-0.4, -0.2) is 39.1 Å². The fourth-order valence-corrected chi connectivity index (χ4v) is 4.89. The van der Waals surface area contributed by atoms with Gasteiger partial charge >= 0.3 is 0 Å². The first kappa shape index (κ1) is 20.8. The standard InChI is InChI=1S/C22H27N3O4S/c1-14-10-16-12-17(30(23,27)28)13-18(21(16)29-14)22(26)25-20(19-8-5-9-24-19)11-15-6-3-2-4-7-15/h2-4,6-7,12-14,19-20,24H,5,8-11H2,1H3,(H,25,26)(H2,23,27,28). The number of hydrogen-bond acceptors (Lipinski definition) is 5. The number of sulfonamides is 1. The third-order valence-electron chi connectivity index (χ3n) is 5.74. The summed E-state index contributed by atoms with van der Waals surface area (Å²) in [5.74, 6) is 0.103. The molecule has 3 atom stereocenters. The Labute approximate surface area is 177 Å². The minimum absolute atomic E-state index is 0.0669. The Morgan fingerprint density at radius 1 is 1.30 bits per heavy atom. The highest BCUT2D eigenvalue weighted by atomic mass is 32.2. The molecule has 0 spiro atoms. The van der Waals surface area contributed by atoms with Crippen LogP contribution in [0.3, 0.4) is 0 Å². The second-order valence-electron chi connectivity index (χ2n) is 8.11. The Hall–Kier alpha value is -2.42. The van der Waals surface area contributed by atoms with Crippen molar-refractivity contribution in [2.45, 2.75) is 55.7 Å². The Balaban J connectivity index is 1.64. The van der Waals surface area contributed by atoms with Crippen molar-refractivity contribution in [3.8, 4) is 5.75 Å². The van der Waals surface area contributed by atoms with Crippen molar-refractivity contribution in [3.63, 3.8) is 0 Å². The van der Waals surface area contributed by atoms with Crippen molar-refractivity contribution in [3.05, 3.63) is 59.2 Å². The second-order valence-corrected chi connectivity index (χ2v) is 9.67. The lowest BCUT2D eigenvalue weighted by Crippen LogP contribution is -2.48. The highest BCUT2D eigenvalue weighted by Crippen LogP contribution is 2.35. The topological polar surface area (TPSA) is 111 Å². The highest BCUT2D eigenvalue weighted by Gasteiger charge is 2.31. The van der Waals surface area contributed by atoms with Crippen LogP contribution in [-0.2, 0) is 22.9 Å². The summed E-state index contributed by atoms with van der Waals surface area (Å²) in [5, 5.41) is 11.9. The third kappa shape index (κ3) is 4.50. The molecule has 1 amide bonds. The van der Waals surface area contributed by atoms with Crippen LogP contribution in [0.1, 0.15) is 41.3 Å². The molecular weight excluding hydrogens is 402 g/mol. The Morgan fingerprint density at radius 3 is 2.73 bits per heavy atom.